The molecule has 1 N–H and O–H groups in total. The van der Waals surface area contributed by atoms with Crippen molar-refractivity contribution in [3.63, 3.8) is 0 Å². The lowest BCUT2D eigenvalue weighted by molar-refractivity contribution is 0.0475. The summed E-state index contributed by atoms with van der Waals surface area (Å²) in [6.07, 6.45) is 0. The largest absolute Gasteiger partial charge is 0.454 e. The number of amides is 1. The molecule has 5 nitrogen and oxygen atoms in total. The summed E-state index contributed by atoms with van der Waals surface area (Å²) in [5, 5.41) is 3.06. The molecule has 0 spiro atoms. The Kier molecular flexibility index (Phi) is 6.19. The van der Waals surface area contributed by atoms with E-state index in [1.54, 1.807) is 66.7 Å². The summed E-state index contributed by atoms with van der Waals surface area (Å²) in [5.74, 6) is -1.25. The van der Waals surface area contributed by atoms with Crippen LogP contribution in [0.25, 0.3) is 0 Å². The molecule has 3 aromatic carbocycles. The second-order valence-corrected chi connectivity index (χ2v) is 6.28. The first kappa shape index (κ1) is 19.3. The van der Waals surface area contributed by atoms with Crippen molar-refractivity contribution in [2.75, 3.05) is 11.9 Å². The van der Waals surface area contributed by atoms with Gasteiger partial charge in [-0.1, -0.05) is 54.1 Å². The fraction of sp³-hybridized carbons (Fsp3) is 0.0455. The number of esters is 1. The zero-order valence-electron chi connectivity index (χ0n) is 14.7. The number of nitrogens with one attached hydrogen (secondary N) is 1. The maximum Gasteiger partial charge on any atom is 0.338 e. The van der Waals surface area contributed by atoms with E-state index in [1.807, 2.05) is 0 Å². The first-order valence-electron chi connectivity index (χ1n) is 8.46. The predicted octanol–water partition coefficient (Wildman–Crippen LogP) is 4.63. The number of carbonyl (C=O) groups excluding carboxylic acids is 3. The van der Waals surface area contributed by atoms with Crippen molar-refractivity contribution in [3.05, 3.63) is 101 Å². The lowest BCUT2D eigenvalue weighted by Gasteiger charge is -2.08. The zero-order chi connectivity index (χ0) is 19.9. The lowest BCUT2D eigenvalue weighted by atomic mass is 10.1. The van der Waals surface area contributed by atoms with E-state index < -0.39 is 5.97 Å². The van der Waals surface area contributed by atoms with E-state index in [-0.39, 0.29) is 23.9 Å². The molecular formula is C22H16ClNO4. The van der Waals surface area contributed by atoms with Gasteiger partial charge >= 0.3 is 5.97 Å². The number of anilines is 1. The molecule has 0 saturated heterocycles. The van der Waals surface area contributed by atoms with Gasteiger partial charge in [-0.3, -0.25) is 9.59 Å². The normalized spacial score (nSPS) is 10.2. The van der Waals surface area contributed by atoms with Crippen molar-refractivity contribution in [1.29, 1.82) is 0 Å². The van der Waals surface area contributed by atoms with E-state index >= 15 is 0 Å². The van der Waals surface area contributed by atoms with Crippen LogP contribution in [0, 0.1) is 0 Å². The zero-order valence-corrected chi connectivity index (χ0v) is 15.5. The molecule has 0 aliphatic carbocycles. The van der Waals surface area contributed by atoms with Crippen LogP contribution in [-0.4, -0.2) is 24.3 Å². The standard InChI is InChI=1S/C22H16ClNO4/c23-19-9-5-4-8-18(19)21(26)24-17-12-10-16(11-13-17)22(27)28-14-20(25)15-6-2-1-3-7-15/h1-13H,14H2,(H,24,26). The maximum atomic E-state index is 12.2. The van der Waals surface area contributed by atoms with Crippen LogP contribution in [-0.2, 0) is 4.74 Å². The van der Waals surface area contributed by atoms with Crippen LogP contribution in [0.5, 0.6) is 0 Å². The monoisotopic (exact) mass is 393 g/mol. The Morgan fingerprint density at radius 2 is 1.43 bits per heavy atom. The van der Waals surface area contributed by atoms with Gasteiger partial charge in [0, 0.05) is 11.3 Å². The molecule has 0 radical (unpaired) electrons. The van der Waals surface area contributed by atoms with Crippen LogP contribution in [0.15, 0.2) is 78.9 Å². The SMILES string of the molecule is O=C(COC(=O)c1ccc(NC(=O)c2ccccc2Cl)cc1)c1ccccc1. The van der Waals surface area contributed by atoms with E-state index in [2.05, 4.69) is 5.32 Å². The van der Waals surface area contributed by atoms with E-state index in [0.717, 1.165) is 0 Å². The number of hydrogen-bond acceptors (Lipinski definition) is 4. The number of carbonyl (C=O) groups is 3. The van der Waals surface area contributed by atoms with E-state index in [4.69, 9.17) is 16.3 Å². The van der Waals surface area contributed by atoms with Gasteiger partial charge in [0.15, 0.2) is 12.4 Å². The van der Waals surface area contributed by atoms with Crippen molar-refractivity contribution in [3.8, 4) is 0 Å². The number of hydrogen-bond donors (Lipinski definition) is 1. The van der Waals surface area contributed by atoms with Crippen molar-refractivity contribution in [2.24, 2.45) is 0 Å². The second-order valence-electron chi connectivity index (χ2n) is 5.88. The third-order valence-electron chi connectivity index (χ3n) is 3.93. The molecule has 0 aliphatic rings. The smallest absolute Gasteiger partial charge is 0.338 e. The molecule has 0 bridgehead atoms. The summed E-state index contributed by atoms with van der Waals surface area (Å²) in [4.78, 5) is 36.3. The Morgan fingerprint density at radius 3 is 2.11 bits per heavy atom. The molecule has 3 aromatic rings. The minimum absolute atomic E-state index is 0.275. The summed E-state index contributed by atoms with van der Waals surface area (Å²) >= 11 is 6.01. The van der Waals surface area contributed by atoms with Crippen molar-refractivity contribution >= 4 is 34.9 Å². The summed E-state index contributed by atoms with van der Waals surface area (Å²) in [5.41, 5.74) is 1.61. The highest BCUT2D eigenvalue weighted by Crippen LogP contribution is 2.18. The predicted molar refractivity (Wildman–Crippen MR) is 107 cm³/mol. The summed E-state index contributed by atoms with van der Waals surface area (Å²) < 4.78 is 5.06. The maximum absolute atomic E-state index is 12.2. The summed E-state index contributed by atoms with van der Waals surface area (Å²) in [6.45, 7) is -0.339. The number of Topliss-reactive ketones (excluding diaryl/α,β-unsaturated/α-hetero) is 1. The third-order valence-corrected chi connectivity index (χ3v) is 4.26. The van der Waals surface area contributed by atoms with E-state index in [1.165, 1.54) is 12.1 Å². The molecule has 1 amide bonds. The van der Waals surface area contributed by atoms with Gasteiger partial charge in [0.1, 0.15) is 0 Å². The van der Waals surface area contributed by atoms with Crippen LogP contribution >= 0.6 is 11.6 Å². The molecule has 140 valence electrons. The van der Waals surface area contributed by atoms with Crippen LogP contribution in [0.2, 0.25) is 5.02 Å². The number of rotatable bonds is 6. The van der Waals surface area contributed by atoms with Gasteiger partial charge in [0.2, 0.25) is 0 Å². The average molecular weight is 394 g/mol. The number of ketones is 1. The number of halogens is 1. The quantitative estimate of drug-likeness (QED) is 0.489. The lowest BCUT2D eigenvalue weighted by Crippen LogP contribution is -2.15. The molecule has 3 rings (SSSR count). The fourth-order valence-electron chi connectivity index (χ4n) is 2.46. The Morgan fingerprint density at radius 1 is 0.786 bits per heavy atom. The van der Waals surface area contributed by atoms with Gasteiger partial charge in [-0.15, -0.1) is 0 Å². The first-order chi connectivity index (χ1) is 13.5. The van der Waals surface area contributed by atoms with Crippen LogP contribution in [0.1, 0.15) is 31.1 Å². The first-order valence-corrected chi connectivity index (χ1v) is 8.84. The van der Waals surface area contributed by atoms with Crippen LogP contribution in [0.4, 0.5) is 5.69 Å². The molecule has 0 aliphatic heterocycles. The molecule has 0 saturated carbocycles. The average Bonchev–Trinajstić information content (AvgIpc) is 2.73. The highest BCUT2D eigenvalue weighted by molar-refractivity contribution is 6.34. The Bertz CT molecular complexity index is 1000. The van der Waals surface area contributed by atoms with Gasteiger partial charge in [-0.05, 0) is 36.4 Å². The van der Waals surface area contributed by atoms with Gasteiger partial charge in [-0.2, -0.15) is 0 Å². The molecule has 0 unspecified atom stereocenters. The Hall–Kier alpha value is -3.44. The summed E-state index contributed by atoms with van der Waals surface area (Å²) in [7, 11) is 0. The van der Waals surface area contributed by atoms with Crippen LogP contribution < -0.4 is 5.32 Å². The van der Waals surface area contributed by atoms with Crippen molar-refractivity contribution in [1.82, 2.24) is 0 Å². The van der Waals surface area contributed by atoms with E-state index in [0.29, 0.717) is 21.8 Å². The molecule has 0 heterocycles. The highest BCUT2D eigenvalue weighted by atomic mass is 35.5. The molecule has 6 heteroatoms. The summed E-state index contributed by atoms with van der Waals surface area (Å²) in [6, 6.07) is 21.5. The molecule has 28 heavy (non-hydrogen) atoms. The topological polar surface area (TPSA) is 72.5 Å². The minimum atomic E-state index is -0.617. The van der Waals surface area contributed by atoms with Crippen molar-refractivity contribution < 1.29 is 19.1 Å². The number of ether oxygens (including phenoxy) is 1. The molecule has 0 aromatic heterocycles. The third kappa shape index (κ3) is 4.84. The Balaban J connectivity index is 1.58. The minimum Gasteiger partial charge on any atom is -0.454 e. The Labute approximate surface area is 166 Å². The van der Waals surface area contributed by atoms with Gasteiger partial charge < -0.3 is 10.1 Å². The van der Waals surface area contributed by atoms with Gasteiger partial charge in [0.05, 0.1) is 16.1 Å². The number of benzene rings is 3. The molecule has 0 atom stereocenters. The fourth-order valence-corrected chi connectivity index (χ4v) is 2.68. The van der Waals surface area contributed by atoms with Crippen molar-refractivity contribution in [2.45, 2.75) is 0 Å². The van der Waals surface area contributed by atoms with Gasteiger partial charge in [0.25, 0.3) is 5.91 Å². The molecule has 0 fully saturated rings. The van der Waals surface area contributed by atoms with Crippen LogP contribution in [0.3, 0.4) is 0 Å². The van der Waals surface area contributed by atoms with Gasteiger partial charge in [-0.25, -0.2) is 4.79 Å². The second kappa shape index (κ2) is 8.97. The van der Waals surface area contributed by atoms with E-state index in [9.17, 15) is 14.4 Å². The molecular weight excluding hydrogens is 378 g/mol. The highest BCUT2D eigenvalue weighted by Gasteiger charge is 2.13.